The van der Waals surface area contributed by atoms with Crippen molar-refractivity contribution in [1.82, 2.24) is 15.7 Å². The number of H-pyrrole nitrogens is 1. The molecule has 1 aliphatic heterocycles. The Balaban J connectivity index is 1.03. The molecule has 0 saturated carbocycles. The van der Waals surface area contributed by atoms with Crippen LogP contribution in [0.1, 0.15) is 24.8 Å². The number of nitrogens with one attached hydrogen (secondary N) is 3. The largest absolute Gasteiger partial charge is 0.492 e. The monoisotopic (exact) mass is 520 g/mol. The molecule has 3 aromatic carbocycles. The summed E-state index contributed by atoms with van der Waals surface area (Å²) in [5.74, 6) is 1.28. The topological polar surface area (TPSA) is 108 Å². The minimum absolute atomic E-state index is 0.0773. The molecule has 0 unspecified atom stereocenters. The lowest BCUT2D eigenvalue weighted by molar-refractivity contribution is -0.121. The fourth-order valence-electron chi connectivity index (χ4n) is 4.36. The van der Waals surface area contributed by atoms with Crippen LogP contribution >= 0.6 is 11.6 Å². The van der Waals surface area contributed by atoms with Crippen molar-refractivity contribution in [2.75, 3.05) is 26.3 Å². The predicted molar refractivity (Wildman–Crippen MR) is 146 cm³/mol. The average Bonchev–Trinajstić information content (AvgIpc) is 3.30. The van der Waals surface area contributed by atoms with Gasteiger partial charge in [-0.2, -0.15) is 5.10 Å². The summed E-state index contributed by atoms with van der Waals surface area (Å²) < 4.78 is 11.8. The van der Waals surface area contributed by atoms with E-state index in [-0.39, 0.29) is 12.5 Å². The molecule has 4 N–H and O–H groups in total. The summed E-state index contributed by atoms with van der Waals surface area (Å²) in [7, 11) is 0. The molecule has 9 heteroatoms. The number of hydrogen-bond acceptors (Lipinski definition) is 6. The number of hydrogen-bond donors (Lipinski definition) is 4. The van der Waals surface area contributed by atoms with Crippen molar-refractivity contribution in [3.05, 3.63) is 71.2 Å². The maximum absolute atomic E-state index is 11.3. The van der Waals surface area contributed by atoms with Crippen LogP contribution in [0.5, 0.6) is 11.5 Å². The molecule has 1 atom stereocenters. The van der Waals surface area contributed by atoms with Gasteiger partial charge in [-0.05, 0) is 54.9 Å². The molecule has 1 aliphatic rings. The zero-order valence-corrected chi connectivity index (χ0v) is 21.1. The van der Waals surface area contributed by atoms with E-state index in [4.69, 9.17) is 21.1 Å². The van der Waals surface area contributed by atoms with Gasteiger partial charge >= 0.3 is 0 Å². The van der Waals surface area contributed by atoms with Gasteiger partial charge in [0.05, 0.1) is 22.9 Å². The fraction of sp³-hybridized carbons (Fsp3) is 0.286. The minimum atomic E-state index is -0.643. The number of aliphatic hydroxyl groups excluding tert-OH is 1. The van der Waals surface area contributed by atoms with E-state index >= 15 is 0 Å². The molecule has 4 aromatic rings. The number of nitrogens with zero attached hydrogens (tertiary/aromatic N) is 1. The summed E-state index contributed by atoms with van der Waals surface area (Å²) in [6.07, 6.45) is 1.11. The quantitative estimate of drug-likeness (QED) is 0.219. The molecule has 192 valence electrons. The Labute approximate surface area is 219 Å². The predicted octanol–water partition coefficient (Wildman–Crippen LogP) is 4.39. The number of amides is 1. The molecule has 0 radical (unpaired) electrons. The number of hydrazone groups is 1. The van der Waals surface area contributed by atoms with E-state index in [1.54, 1.807) is 6.07 Å². The van der Waals surface area contributed by atoms with Crippen molar-refractivity contribution in [3.8, 4) is 11.5 Å². The summed E-state index contributed by atoms with van der Waals surface area (Å²) in [6, 6.07) is 19.5. The summed E-state index contributed by atoms with van der Waals surface area (Å²) in [6.45, 7) is 1.77. The molecule has 0 spiro atoms. The van der Waals surface area contributed by atoms with Crippen LogP contribution < -0.4 is 20.2 Å². The first-order valence-corrected chi connectivity index (χ1v) is 12.8. The van der Waals surface area contributed by atoms with Gasteiger partial charge in [0.2, 0.25) is 5.91 Å². The number of halogens is 1. The second kappa shape index (κ2) is 11.6. The number of carbonyl (C=O) groups is 1. The fourth-order valence-corrected chi connectivity index (χ4v) is 4.60. The lowest BCUT2D eigenvalue weighted by atomic mass is 10.0. The van der Waals surface area contributed by atoms with Gasteiger partial charge in [-0.25, -0.2) is 5.43 Å². The van der Waals surface area contributed by atoms with Crippen LogP contribution in [0.25, 0.3) is 21.8 Å². The Hall–Kier alpha value is -3.59. The highest BCUT2D eigenvalue weighted by Crippen LogP contribution is 2.33. The maximum Gasteiger partial charge on any atom is 0.240 e. The third kappa shape index (κ3) is 6.05. The number of fused-ring (bicyclic) bond motifs is 3. The van der Waals surface area contributed by atoms with Crippen LogP contribution in [-0.2, 0) is 4.79 Å². The number of ether oxygens (including phenoxy) is 2. The molecule has 1 aromatic heterocycles. The van der Waals surface area contributed by atoms with Crippen LogP contribution in [0.4, 0.5) is 0 Å². The van der Waals surface area contributed by atoms with E-state index in [1.807, 2.05) is 48.5 Å². The zero-order valence-electron chi connectivity index (χ0n) is 20.3. The highest BCUT2D eigenvalue weighted by molar-refractivity contribution is 6.32. The first-order chi connectivity index (χ1) is 18.1. The van der Waals surface area contributed by atoms with Gasteiger partial charge in [-0.1, -0.05) is 35.9 Å². The Kier molecular flexibility index (Phi) is 7.89. The van der Waals surface area contributed by atoms with Gasteiger partial charge in [-0.15, -0.1) is 0 Å². The number of aromatic amines is 1. The number of benzene rings is 3. The Bertz CT molecular complexity index is 1430. The number of carbonyl (C=O) groups excluding carboxylic acids is 1. The highest BCUT2D eigenvalue weighted by atomic mass is 35.5. The molecule has 37 heavy (non-hydrogen) atoms. The second-order valence-corrected chi connectivity index (χ2v) is 9.37. The van der Waals surface area contributed by atoms with Crippen LogP contribution in [0.2, 0.25) is 5.02 Å². The molecule has 1 amide bonds. The van der Waals surface area contributed by atoms with Crippen molar-refractivity contribution < 1.29 is 19.4 Å². The Morgan fingerprint density at radius 2 is 1.89 bits per heavy atom. The van der Waals surface area contributed by atoms with Crippen LogP contribution in [0, 0.1) is 0 Å². The SMILES string of the molecule is O=C1CCC(c2ccc(OCCCNC[C@@H](O)COc3cccc4[nH]c5ccccc5c34)c(Cl)c2)=NN1. The van der Waals surface area contributed by atoms with E-state index in [9.17, 15) is 9.90 Å². The smallest absolute Gasteiger partial charge is 0.240 e. The molecule has 0 aliphatic carbocycles. The molecular weight excluding hydrogens is 492 g/mol. The van der Waals surface area contributed by atoms with E-state index in [0.29, 0.717) is 43.3 Å². The third-order valence-corrected chi connectivity index (χ3v) is 6.52. The van der Waals surface area contributed by atoms with Gasteiger partial charge in [0, 0.05) is 35.7 Å². The summed E-state index contributed by atoms with van der Waals surface area (Å²) in [5.41, 5.74) is 6.24. The van der Waals surface area contributed by atoms with E-state index in [0.717, 1.165) is 45.3 Å². The normalized spacial score (nSPS) is 14.4. The molecule has 0 saturated heterocycles. The summed E-state index contributed by atoms with van der Waals surface area (Å²) in [4.78, 5) is 14.7. The number of aromatic nitrogens is 1. The number of rotatable bonds is 11. The summed E-state index contributed by atoms with van der Waals surface area (Å²) >= 11 is 6.37. The minimum Gasteiger partial charge on any atom is -0.492 e. The standard InChI is InChI=1S/C28H29ClN4O4/c29-21-15-18(22-10-12-27(35)33-32-22)9-11-25(21)36-14-4-13-30-16-19(34)17-37-26-8-3-7-24-28(26)20-5-1-2-6-23(20)31-24/h1-3,5-9,11,15,19,30-31,34H,4,10,12-14,16-17H2,(H,33,35)/t19-/m1/s1. The van der Waals surface area contributed by atoms with Crippen molar-refractivity contribution in [3.63, 3.8) is 0 Å². The van der Waals surface area contributed by atoms with Gasteiger partial charge < -0.3 is 24.9 Å². The number of para-hydroxylation sites is 1. The Morgan fingerprint density at radius 3 is 2.73 bits per heavy atom. The second-order valence-electron chi connectivity index (χ2n) is 8.96. The first kappa shape index (κ1) is 25.1. The van der Waals surface area contributed by atoms with Gasteiger partial charge in [0.1, 0.15) is 24.2 Å². The lowest BCUT2D eigenvalue weighted by Crippen LogP contribution is -2.32. The van der Waals surface area contributed by atoms with Crippen LogP contribution in [-0.4, -0.2) is 54.1 Å². The molecule has 8 nitrogen and oxygen atoms in total. The van der Waals surface area contributed by atoms with Crippen molar-refractivity contribution in [2.45, 2.75) is 25.4 Å². The first-order valence-electron chi connectivity index (χ1n) is 12.4. The zero-order chi connectivity index (χ0) is 25.6. The van der Waals surface area contributed by atoms with Crippen molar-refractivity contribution in [2.24, 2.45) is 5.10 Å². The lowest BCUT2D eigenvalue weighted by Gasteiger charge is -2.15. The highest BCUT2D eigenvalue weighted by Gasteiger charge is 2.15. The molecule has 0 bridgehead atoms. The van der Waals surface area contributed by atoms with Gasteiger partial charge in [0.15, 0.2) is 0 Å². The van der Waals surface area contributed by atoms with Crippen LogP contribution in [0.3, 0.4) is 0 Å². The van der Waals surface area contributed by atoms with E-state index in [1.165, 1.54) is 0 Å². The molecule has 5 rings (SSSR count). The summed E-state index contributed by atoms with van der Waals surface area (Å²) in [5, 5.41) is 20.4. The van der Waals surface area contributed by atoms with E-state index < -0.39 is 6.10 Å². The van der Waals surface area contributed by atoms with E-state index in [2.05, 4.69) is 26.9 Å². The molecule has 2 heterocycles. The van der Waals surface area contributed by atoms with Crippen LogP contribution in [0.15, 0.2) is 65.8 Å². The molecule has 0 fully saturated rings. The maximum atomic E-state index is 11.3. The van der Waals surface area contributed by atoms with Gasteiger partial charge in [-0.3, -0.25) is 4.79 Å². The number of aliphatic hydroxyl groups is 1. The average molecular weight is 521 g/mol. The third-order valence-electron chi connectivity index (χ3n) is 6.23. The van der Waals surface area contributed by atoms with Crippen molar-refractivity contribution >= 4 is 45.0 Å². The van der Waals surface area contributed by atoms with Gasteiger partial charge in [0.25, 0.3) is 0 Å². The van der Waals surface area contributed by atoms with Crippen molar-refractivity contribution in [1.29, 1.82) is 0 Å². The Morgan fingerprint density at radius 1 is 1.03 bits per heavy atom. The molecular formula is C28H29ClN4O4.